The van der Waals surface area contributed by atoms with Gasteiger partial charge < -0.3 is 15.4 Å². The van der Waals surface area contributed by atoms with Crippen molar-refractivity contribution < 1.29 is 9.53 Å². The van der Waals surface area contributed by atoms with E-state index in [9.17, 15) is 4.79 Å². The molecule has 0 amide bonds. The lowest BCUT2D eigenvalue weighted by Gasteiger charge is -2.26. The zero-order valence-electron chi connectivity index (χ0n) is 16.0. The first-order valence-electron chi connectivity index (χ1n) is 9.68. The maximum absolute atomic E-state index is 12.2. The van der Waals surface area contributed by atoms with Gasteiger partial charge in [-0.1, -0.05) is 24.3 Å². The number of nitrogens with one attached hydrogen (secondary N) is 2. The van der Waals surface area contributed by atoms with Gasteiger partial charge >= 0.3 is 5.97 Å². The molecule has 2 aromatic heterocycles. The highest BCUT2D eigenvalue weighted by molar-refractivity contribution is 5.96. The van der Waals surface area contributed by atoms with E-state index in [2.05, 4.69) is 44.6 Å². The molecule has 4 rings (SSSR count). The predicted octanol–water partition coefficient (Wildman–Crippen LogP) is 3.33. The number of allylic oxidation sites excluding steroid dienone is 4. The smallest absolute Gasteiger partial charge is 0.340 e. The molecule has 7 heteroatoms. The number of aromatic nitrogens is 3. The minimum atomic E-state index is -0.391. The van der Waals surface area contributed by atoms with Gasteiger partial charge in [0.2, 0.25) is 0 Å². The fraction of sp³-hybridized carbons (Fsp3) is 0.381. The molecule has 0 saturated carbocycles. The number of hydrogen-bond acceptors (Lipinski definition) is 6. The first-order chi connectivity index (χ1) is 13.8. The average Bonchev–Trinajstić information content (AvgIpc) is 3.18. The maximum Gasteiger partial charge on any atom is 0.340 e. The number of pyridine rings is 1. The van der Waals surface area contributed by atoms with E-state index >= 15 is 0 Å². The Balaban J connectivity index is 1.73. The Morgan fingerprint density at radius 2 is 2.29 bits per heavy atom. The van der Waals surface area contributed by atoms with Crippen LogP contribution in [0, 0.1) is 0 Å². The van der Waals surface area contributed by atoms with Crippen molar-refractivity contribution in [1.82, 2.24) is 20.1 Å². The molecule has 2 aliphatic rings. The molecule has 1 saturated heterocycles. The van der Waals surface area contributed by atoms with Gasteiger partial charge in [0.1, 0.15) is 5.82 Å². The van der Waals surface area contributed by atoms with Crippen LogP contribution in [0.25, 0.3) is 0 Å². The number of piperidine rings is 1. The summed E-state index contributed by atoms with van der Waals surface area (Å²) in [5, 5.41) is 11.6. The molecule has 0 radical (unpaired) electrons. The fourth-order valence-electron chi connectivity index (χ4n) is 3.82. The molecular weight excluding hydrogens is 354 g/mol. The Hall–Kier alpha value is -2.93. The van der Waals surface area contributed by atoms with Crippen molar-refractivity contribution in [2.75, 3.05) is 25.5 Å². The monoisotopic (exact) mass is 379 g/mol. The van der Waals surface area contributed by atoms with E-state index in [1.807, 2.05) is 6.20 Å². The number of esters is 1. The second-order valence-corrected chi connectivity index (χ2v) is 7.09. The van der Waals surface area contributed by atoms with Crippen LogP contribution in [-0.2, 0) is 4.74 Å². The highest BCUT2D eigenvalue weighted by Crippen LogP contribution is 2.35. The molecule has 2 atom stereocenters. The van der Waals surface area contributed by atoms with Crippen molar-refractivity contribution in [3.63, 3.8) is 0 Å². The van der Waals surface area contributed by atoms with Gasteiger partial charge in [0, 0.05) is 24.2 Å². The topological polar surface area (TPSA) is 81.1 Å². The number of anilines is 2. The largest absolute Gasteiger partial charge is 0.465 e. The minimum absolute atomic E-state index is 0.246. The summed E-state index contributed by atoms with van der Waals surface area (Å²) in [4.78, 5) is 16.4. The Morgan fingerprint density at radius 3 is 3.04 bits per heavy atom. The number of rotatable bonds is 5. The van der Waals surface area contributed by atoms with Gasteiger partial charge in [-0.15, -0.1) is 0 Å². The van der Waals surface area contributed by atoms with Crippen LogP contribution in [0.2, 0.25) is 0 Å². The number of carbonyl (C=O) groups is 1. The van der Waals surface area contributed by atoms with Crippen molar-refractivity contribution in [3.8, 4) is 0 Å². The molecule has 1 aliphatic carbocycles. The Morgan fingerprint density at radius 1 is 1.36 bits per heavy atom. The van der Waals surface area contributed by atoms with Gasteiger partial charge in [0.25, 0.3) is 0 Å². The Labute approximate surface area is 164 Å². The van der Waals surface area contributed by atoms with Gasteiger partial charge in [-0.05, 0) is 31.9 Å². The van der Waals surface area contributed by atoms with E-state index in [0.29, 0.717) is 11.3 Å². The van der Waals surface area contributed by atoms with Crippen LogP contribution in [0.3, 0.4) is 0 Å². The molecule has 146 valence electrons. The lowest BCUT2D eigenvalue weighted by Crippen LogP contribution is -2.32. The van der Waals surface area contributed by atoms with Gasteiger partial charge in [-0.3, -0.25) is 4.98 Å². The summed E-state index contributed by atoms with van der Waals surface area (Å²) in [6, 6.07) is 1.94. The summed E-state index contributed by atoms with van der Waals surface area (Å²) in [5.74, 6) is 0.769. The zero-order chi connectivity index (χ0) is 19.3. The molecule has 2 unspecified atom stereocenters. The summed E-state index contributed by atoms with van der Waals surface area (Å²) in [5.41, 5.74) is 2.19. The van der Waals surface area contributed by atoms with E-state index in [1.165, 1.54) is 7.11 Å². The average molecular weight is 379 g/mol. The Bertz CT molecular complexity index is 896. The van der Waals surface area contributed by atoms with E-state index in [4.69, 9.17) is 9.84 Å². The van der Waals surface area contributed by atoms with E-state index in [-0.39, 0.29) is 12.0 Å². The van der Waals surface area contributed by atoms with Crippen LogP contribution in [0.4, 0.5) is 11.5 Å². The van der Waals surface area contributed by atoms with Crippen LogP contribution >= 0.6 is 0 Å². The van der Waals surface area contributed by atoms with Crippen LogP contribution in [0.5, 0.6) is 0 Å². The van der Waals surface area contributed by atoms with Gasteiger partial charge in [0.15, 0.2) is 0 Å². The van der Waals surface area contributed by atoms with Crippen molar-refractivity contribution in [3.05, 3.63) is 60.1 Å². The molecule has 0 aromatic carbocycles. The standard InChI is InChI=1S/C21H25N5O2/c1-28-21(27)17-9-11-23-14-19(17)25-20-18(15-6-3-2-4-7-15)13-24-26(20)16-8-5-10-22-12-16/h2-4,6,9,11,13-16,22,25H,5,7-8,10,12H2,1H3. The first kappa shape index (κ1) is 18.4. The predicted molar refractivity (Wildman–Crippen MR) is 108 cm³/mol. The van der Waals surface area contributed by atoms with Crippen LogP contribution in [0.1, 0.15) is 47.1 Å². The quantitative estimate of drug-likeness (QED) is 0.776. The third-order valence-electron chi connectivity index (χ3n) is 5.30. The summed E-state index contributed by atoms with van der Waals surface area (Å²) in [6.45, 7) is 1.92. The van der Waals surface area contributed by atoms with Gasteiger partial charge in [0.05, 0.1) is 36.8 Å². The van der Waals surface area contributed by atoms with E-state index in [0.717, 1.165) is 43.7 Å². The SMILES string of the molecule is COC(=O)c1ccncc1Nc1c(C2C=CC=CC2)cnn1C1CCCNC1. The van der Waals surface area contributed by atoms with Crippen LogP contribution in [-0.4, -0.2) is 40.9 Å². The molecule has 3 heterocycles. The molecule has 0 bridgehead atoms. The second kappa shape index (κ2) is 8.39. The Kier molecular flexibility index (Phi) is 5.53. The van der Waals surface area contributed by atoms with Crippen molar-refractivity contribution in [2.45, 2.75) is 31.2 Å². The highest BCUT2D eigenvalue weighted by Gasteiger charge is 2.25. The van der Waals surface area contributed by atoms with Crippen LogP contribution < -0.4 is 10.6 Å². The maximum atomic E-state index is 12.2. The third-order valence-corrected chi connectivity index (χ3v) is 5.30. The third kappa shape index (κ3) is 3.71. The number of hydrogen-bond donors (Lipinski definition) is 2. The van der Waals surface area contributed by atoms with E-state index < -0.39 is 5.97 Å². The summed E-state index contributed by atoms with van der Waals surface area (Å²) in [7, 11) is 1.38. The molecule has 28 heavy (non-hydrogen) atoms. The summed E-state index contributed by atoms with van der Waals surface area (Å²) >= 11 is 0. The molecule has 2 N–H and O–H groups in total. The first-order valence-corrected chi connectivity index (χ1v) is 9.68. The number of ether oxygens (including phenoxy) is 1. The fourth-order valence-corrected chi connectivity index (χ4v) is 3.82. The lowest BCUT2D eigenvalue weighted by molar-refractivity contribution is 0.0602. The van der Waals surface area contributed by atoms with Crippen molar-refractivity contribution in [2.24, 2.45) is 0 Å². The molecule has 2 aromatic rings. The highest BCUT2D eigenvalue weighted by atomic mass is 16.5. The van der Waals surface area contributed by atoms with Crippen molar-refractivity contribution >= 4 is 17.5 Å². The number of nitrogens with zero attached hydrogens (tertiary/aromatic N) is 3. The van der Waals surface area contributed by atoms with Gasteiger partial charge in [-0.25, -0.2) is 9.48 Å². The molecular formula is C21H25N5O2. The summed E-state index contributed by atoms with van der Waals surface area (Å²) < 4.78 is 6.99. The number of carbonyl (C=O) groups excluding carboxylic acids is 1. The lowest BCUT2D eigenvalue weighted by atomic mass is 9.94. The van der Waals surface area contributed by atoms with Crippen molar-refractivity contribution in [1.29, 1.82) is 0 Å². The molecule has 7 nitrogen and oxygen atoms in total. The normalized spacial score (nSPS) is 21.5. The van der Waals surface area contributed by atoms with Gasteiger partial charge in [-0.2, -0.15) is 5.10 Å². The zero-order valence-corrected chi connectivity index (χ0v) is 16.0. The summed E-state index contributed by atoms with van der Waals surface area (Å²) in [6.07, 6.45) is 16.8. The van der Waals surface area contributed by atoms with E-state index in [1.54, 1.807) is 18.5 Å². The number of methoxy groups -OCH3 is 1. The molecule has 1 aliphatic heterocycles. The molecule has 1 fully saturated rings. The van der Waals surface area contributed by atoms with Crippen LogP contribution in [0.15, 0.2) is 49.0 Å². The minimum Gasteiger partial charge on any atom is -0.465 e. The molecule has 0 spiro atoms. The second-order valence-electron chi connectivity index (χ2n) is 7.09.